The zero-order valence-electron chi connectivity index (χ0n) is 12.0. The zero-order valence-corrected chi connectivity index (χ0v) is 12.0. The van der Waals surface area contributed by atoms with E-state index >= 15 is 0 Å². The molecule has 0 aliphatic rings. The second-order valence-corrected chi connectivity index (χ2v) is 5.12. The Morgan fingerprint density at radius 2 is 2.05 bits per heavy atom. The van der Waals surface area contributed by atoms with Gasteiger partial charge in [-0.05, 0) is 50.7 Å². The van der Waals surface area contributed by atoms with Crippen LogP contribution < -0.4 is 0 Å². The summed E-state index contributed by atoms with van der Waals surface area (Å²) in [7, 11) is 0. The molecule has 102 valence electrons. The van der Waals surface area contributed by atoms with Gasteiger partial charge in [-0.2, -0.15) is 5.10 Å². The van der Waals surface area contributed by atoms with Gasteiger partial charge in [0, 0.05) is 17.1 Å². The normalized spacial score (nSPS) is 12.6. The quantitative estimate of drug-likeness (QED) is 0.865. The predicted octanol–water partition coefficient (Wildman–Crippen LogP) is 3.20. The molecule has 2 rings (SSSR count). The van der Waals surface area contributed by atoms with Gasteiger partial charge in [-0.3, -0.25) is 5.10 Å². The lowest BCUT2D eigenvalue weighted by Crippen LogP contribution is -2.01. The summed E-state index contributed by atoms with van der Waals surface area (Å²) < 4.78 is 0. The van der Waals surface area contributed by atoms with Crippen molar-refractivity contribution in [3.63, 3.8) is 0 Å². The molecular weight excluding hydrogens is 236 g/mol. The van der Waals surface area contributed by atoms with Crippen LogP contribution in [-0.2, 0) is 12.8 Å². The first-order valence-electron chi connectivity index (χ1n) is 7.00. The second kappa shape index (κ2) is 6.45. The fraction of sp³-hybridized carbons (Fsp3) is 0.533. The number of hydrogen-bond acceptors (Lipinski definition) is 3. The van der Waals surface area contributed by atoms with Crippen molar-refractivity contribution in [2.45, 2.75) is 52.4 Å². The molecule has 0 saturated heterocycles. The van der Waals surface area contributed by atoms with Crippen molar-refractivity contribution in [3.8, 4) is 0 Å². The predicted molar refractivity (Wildman–Crippen MR) is 76.1 cm³/mol. The average molecular weight is 258 g/mol. The van der Waals surface area contributed by atoms with Crippen molar-refractivity contribution >= 4 is 0 Å². The van der Waals surface area contributed by atoms with Gasteiger partial charge in [-0.25, -0.2) is 9.97 Å². The van der Waals surface area contributed by atoms with E-state index in [9.17, 15) is 0 Å². The molecule has 0 aliphatic heterocycles. The fourth-order valence-corrected chi connectivity index (χ4v) is 2.22. The third-order valence-corrected chi connectivity index (χ3v) is 3.44. The molecule has 0 spiro atoms. The van der Waals surface area contributed by atoms with Gasteiger partial charge in [0.1, 0.15) is 6.33 Å². The van der Waals surface area contributed by atoms with E-state index in [1.54, 1.807) is 6.33 Å². The Morgan fingerprint density at radius 1 is 1.21 bits per heavy atom. The lowest BCUT2D eigenvalue weighted by Gasteiger charge is -2.10. The molecule has 0 amide bonds. The highest BCUT2D eigenvalue weighted by molar-refractivity contribution is 5.12. The van der Waals surface area contributed by atoms with Crippen LogP contribution in [0.15, 0.2) is 18.5 Å². The van der Waals surface area contributed by atoms with E-state index in [4.69, 9.17) is 0 Å². The molecule has 0 saturated carbocycles. The minimum Gasteiger partial charge on any atom is -0.283 e. The summed E-state index contributed by atoms with van der Waals surface area (Å²) in [5.41, 5.74) is 4.57. The van der Waals surface area contributed by atoms with Gasteiger partial charge in [0.15, 0.2) is 0 Å². The van der Waals surface area contributed by atoms with Crippen LogP contribution in [0.5, 0.6) is 0 Å². The Hall–Kier alpha value is -1.71. The highest BCUT2D eigenvalue weighted by Gasteiger charge is 2.08. The first-order valence-corrected chi connectivity index (χ1v) is 7.00. The van der Waals surface area contributed by atoms with Gasteiger partial charge in [-0.1, -0.05) is 13.8 Å². The van der Waals surface area contributed by atoms with Gasteiger partial charge in [0.25, 0.3) is 0 Å². The number of nitrogens with zero attached hydrogens (tertiary/aromatic N) is 3. The van der Waals surface area contributed by atoms with Crippen LogP contribution in [0.25, 0.3) is 0 Å². The number of nitrogens with one attached hydrogen (secondary N) is 1. The topological polar surface area (TPSA) is 54.5 Å². The number of aromatic amines is 1. The summed E-state index contributed by atoms with van der Waals surface area (Å²) in [5, 5.41) is 7.25. The van der Waals surface area contributed by atoms with Crippen molar-refractivity contribution < 1.29 is 0 Å². The van der Waals surface area contributed by atoms with E-state index in [0.717, 1.165) is 48.5 Å². The molecule has 19 heavy (non-hydrogen) atoms. The van der Waals surface area contributed by atoms with Gasteiger partial charge >= 0.3 is 0 Å². The number of aromatic nitrogens is 4. The molecule has 1 N–H and O–H groups in total. The van der Waals surface area contributed by atoms with E-state index in [1.807, 2.05) is 6.92 Å². The van der Waals surface area contributed by atoms with Gasteiger partial charge in [-0.15, -0.1) is 0 Å². The Morgan fingerprint density at radius 3 is 2.74 bits per heavy atom. The lowest BCUT2D eigenvalue weighted by molar-refractivity contribution is 0.611. The number of hydrogen-bond donors (Lipinski definition) is 1. The third-order valence-electron chi connectivity index (χ3n) is 3.44. The Labute approximate surface area is 114 Å². The van der Waals surface area contributed by atoms with Crippen LogP contribution >= 0.6 is 0 Å². The summed E-state index contributed by atoms with van der Waals surface area (Å²) in [4.78, 5) is 8.63. The summed E-state index contributed by atoms with van der Waals surface area (Å²) in [5.74, 6) is 0.480. The van der Waals surface area contributed by atoms with Gasteiger partial charge < -0.3 is 0 Å². The summed E-state index contributed by atoms with van der Waals surface area (Å²) in [6.45, 7) is 6.39. The molecule has 2 heterocycles. The molecule has 1 unspecified atom stereocenters. The van der Waals surface area contributed by atoms with Gasteiger partial charge in [0.05, 0.1) is 5.69 Å². The number of aryl methyl sites for hydroxylation is 3. The molecule has 1 atom stereocenters. The molecule has 0 bridgehead atoms. The molecule has 4 heteroatoms. The lowest BCUT2D eigenvalue weighted by atomic mass is 9.99. The van der Waals surface area contributed by atoms with Crippen molar-refractivity contribution in [1.82, 2.24) is 20.2 Å². The molecular formula is C15H22N4. The van der Waals surface area contributed by atoms with Crippen LogP contribution in [0.3, 0.4) is 0 Å². The second-order valence-electron chi connectivity index (χ2n) is 5.12. The maximum absolute atomic E-state index is 4.38. The largest absolute Gasteiger partial charge is 0.283 e. The van der Waals surface area contributed by atoms with E-state index in [2.05, 4.69) is 46.1 Å². The molecule has 0 radical (unpaired) electrons. The zero-order chi connectivity index (χ0) is 13.7. The summed E-state index contributed by atoms with van der Waals surface area (Å²) in [6, 6.07) is 4.24. The van der Waals surface area contributed by atoms with Crippen molar-refractivity contribution in [1.29, 1.82) is 0 Å². The minimum absolute atomic E-state index is 0.480. The smallest absolute Gasteiger partial charge is 0.115 e. The maximum Gasteiger partial charge on any atom is 0.115 e. The number of rotatable bonds is 6. The van der Waals surface area contributed by atoms with E-state index in [1.165, 1.54) is 0 Å². The van der Waals surface area contributed by atoms with Crippen LogP contribution in [0.2, 0.25) is 0 Å². The van der Waals surface area contributed by atoms with E-state index < -0.39 is 0 Å². The summed E-state index contributed by atoms with van der Waals surface area (Å²) in [6.07, 6.45) is 5.94. The Bertz CT molecular complexity index is 518. The monoisotopic (exact) mass is 258 g/mol. The molecule has 0 aliphatic carbocycles. The van der Waals surface area contributed by atoms with Crippen molar-refractivity contribution in [3.05, 3.63) is 41.2 Å². The Kier molecular flexibility index (Phi) is 4.66. The van der Waals surface area contributed by atoms with E-state index in [-0.39, 0.29) is 0 Å². The van der Waals surface area contributed by atoms with Crippen LogP contribution in [0, 0.1) is 6.92 Å². The van der Waals surface area contributed by atoms with E-state index in [0.29, 0.717) is 5.92 Å². The van der Waals surface area contributed by atoms with Crippen LogP contribution in [-0.4, -0.2) is 20.2 Å². The Balaban J connectivity index is 1.85. The molecule has 0 fully saturated rings. The molecule has 4 nitrogen and oxygen atoms in total. The first-order chi connectivity index (χ1) is 9.19. The SMILES string of the molecule is CCc1cc(C(C)CCCc2cc(C)[nH]n2)ncn1. The van der Waals surface area contributed by atoms with Crippen LogP contribution in [0.1, 0.15) is 55.4 Å². The highest BCUT2D eigenvalue weighted by atomic mass is 15.1. The van der Waals surface area contributed by atoms with Crippen molar-refractivity contribution in [2.24, 2.45) is 0 Å². The first kappa shape index (κ1) is 13.7. The van der Waals surface area contributed by atoms with Crippen molar-refractivity contribution in [2.75, 3.05) is 0 Å². The minimum atomic E-state index is 0.480. The average Bonchev–Trinajstić information content (AvgIpc) is 2.84. The standard InChI is InChI=1S/C15H22N4/c1-4-13-9-15(17-10-16-13)11(2)6-5-7-14-8-12(3)18-19-14/h8-11H,4-7H2,1-3H3,(H,18,19). The summed E-state index contributed by atoms with van der Waals surface area (Å²) >= 11 is 0. The molecule has 2 aromatic rings. The highest BCUT2D eigenvalue weighted by Crippen LogP contribution is 2.20. The molecule has 2 aromatic heterocycles. The maximum atomic E-state index is 4.38. The number of H-pyrrole nitrogens is 1. The van der Waals surface area contributed by atoms with Gasteiger partial charge in [0.2, 0.25) is 0 Å². The molecule has 0 aromatic carbocycles. The third kappa shape index (κ3) is 3.88. The fourth-order valence-electron chi connectivity index (χ4n) is 2.22. The van der Waals surface area contributed by atoms with Crippen LogP contribution in [0.4, 0.5) is 0 Å².